The number of hydrogen-bond acceptors (Lipinski definition) is 5. The molecule has 0 aromatic carbocycles. The maximum absolute atomic E-state index is 12.7. The predicted octanol–water partition coefficient (Wildman–Crippen LogP) is 0.777. The zero-order chi connectivity index (χ0) is 18.0. The van der Waals surface area contributed by atoms with Gasteiger partial charge in [-0.2, -0.15) is 0 Å². The Balaban J connectivity index is 1.58. The first kappa shape index (κ1) is 17.4. The molecule has 25 heavy (non-hydrogen) atoms. The number of aryl methyl sites for hydroxylation is 2. The molecule has 3 rings (SSSR count). The predicted molar refractivity (Wildman–Crippen MR) is 95.2 cm³/mol. The molecule has 2 aliphatic rings. The molecule has 2 aliphatic heterocycles. The summed E-state index contributed by atoms with van der Waals surface area (Å²) in [5.74, 6) is 0.635. The summed E-state index contributed by atoms with van der Waals surface area (Å²) >= 11 is 0. The maximum Gasteiger partial charge on any atom is 0.228 e. The molecule has 1 aromatic heterocycles. The number of amides is 2. The average molecular weight is 343 g/mol. The standard InChI is InChI=1S/C18H25N5O2/c1-4-5-23-12-15(11-16(23)24)17(25)21-6-8-22(9-7-21)18-19-13(2)10-14(3)20-18/h4,10,15H,1,5-9,11-12H2,2-3H3. The van der Waals surface area contributed by atoms with Gasteiger partial charge in [0.15, 0.2) is 0 Å². The quantitative estimate of drug-likeness (QED) is 0.756. The molecule has 0 spiro atoms. The lowest BCUT2D eigenvalue weighted by Crippen LogP contribution is -2.51. The van der Waals surface area contributed by atoms with E-state index in [0.29, 0.717) is 45.7 Å². The van der Waals surface area contributed by atoms with Gasteiger partial charge in [-0.05, 0) is 19.9 Å². The van der Waals surface area contributed by atoms with Crippen molar-refractivity contribution in [1.82, 2.24) is 19.8 Å². The van der Waals surface area contributed by atoms with Gasteiger partial charge in [0.25, 0.3) is 0 Å². The normalized spacial score (nSPS) is 21.0. The minimum Gasteiger partial charge on any atom is -0.339 e. The molecule has 1 unspecified atom stereocenters. The highest BCUT2D eigenvalue weighted by molar-refractivity contribution is 5.89. The molecule has 3 heterocycles. The minimum atomic E-state index is -0.225. The Bertz CT molecular complexity index is 662. The van der Waals surface area contributed by atoms with Crippen molar-refractivity contribution in [1.29, 1.82) is 0 Å². The van der Waals surface area contributed by atoms with Crippen molar-refractivity contribution >= 4 is 17.8 Å². The molecular weight excluding hydrogens is 318 g/mol. The van der Waals surface area contributed by atoms with E-state index >= 15 is 0 Å². The molecule has 2 fully saturated rings. The Morgan fingerprint density at radius 2 is 1.88 bits per heavy atom. The molecular formula is C18H25N5O2. The van der Waals surface area contributed by atoms with Gasteiger partial charge in [0.1, 0.15) is 0 Å². The van der Waals surface area contributed by atoms with Crippen molar-refractivity contribution in [3.63, 3.8) is 0 Å². The third kappa shape index (κ3) is 3.81. The van der Waals surface area contributed by atoms with E-state index in [0.717, 1.165) is 17.3 Å². The van der Waals surface area contributed by atoms with Crippen LogP contribution in [0.25, 0.3) is 0 Å². The van der Waals surface area contributed by atoms with Gasteiger partial charge in [0, 0.05) is 57.1 Å². The highest BCUT2D eigenvalue weighted by Gasteiger charge is 2.36. The number of hydrogen-bond donors (Lipinski definition) is 0. The van der Waals surface area contributed by atoms with Crippen LogP contribution in [0.2, 0.25) is 0 Å². The second-order valence-corrected chi connectivity index (χ2v) is 6.75. The summed E-state index contributed by atoms with van der Waals surface area (Å²) in [5, 5.41) is 0. The Labute approximate surface area is 148 Å². The Hall–Kier alpha value is -2.44. The van der Waals surface area contributed by atoms with Crippen LogP contribution in [0.1, 0.15) is 17.8 Å². The Kier molecular flexibility index (Phi) is 5.01. The van der Waals surface area contributed by atoms with Gasteiger partial charge in [-0.15, -0.1) is 6.58 Å². The summed E-state index contributed by atoms with van der Waals surface area (Å²) in [6.07, 6.45) is 2.01. The summed E-state index contributed by atoms with van der Waals surface area (Å²) in [4.78, 5) is 39.3. The SMILES string of the molecule is C=CCN1CC(C(=O)N2CCN(c3nc(C)cc(C)n3)CC2)CC1=O. The smallest absolute Gasteiger partial charge is 0.228 e. The van der Waals surface area contributed by atoms with Crippen LogP contribution in [0, 0.1) is 19.8 Å². The van der Waals surface area contributed by atoms with Crippen LogP contribution in [-0.4, -0.2) is 70.9 Å². The molecule has 2 saturated heterocycles. The molecule has 0 radical (unpaired) electrons. The molecule has 2 amide bonds. The number of rotatable bonds is 4. The van der Waals surface area contributed by atoms with E-state index in [9.17, 15) is 9.59 Å². The van der Waals surface area contributed by atoms with E-state index in [1.165, 1.54) is 0 Å². The van der Waals surface area contributed by atoms with E-state index in [-0.39, 0.29) is 17.7 Å². The number of likely N-dealkylation sites (tertiary alicyclic amines) is 1. The van der Waals surface area contributed by atoms with Crippen molar-refractivity contribution in [2.75, 3.05) is 44.2 Å². The van der Waals surface area contributed by atoms with Gasteiger partial charge < -0.3 is 14.7 Å². The topological polar surface area (TPSA) is 69.6 Å². The number of aromatic nitrogens is 2. The second kappa shape index (κ2) is 7.21. The third-order valence-corrected chi connectivity index (χ3v) is 4.76. The fraction of sp³-hybridized carbons (Fsp3) is 0.556. The number of carbonyl (C=O) groups is 2. The molecule has 0 N–H and O–H groups in total. The highest BCUT2D eigenvalue weighted by Crippen LogP contribution is 2.21. The zero-order valence-electron chi connectivity index (χ0n) is 14.9. The van der Waals surface area contributed by atoms with Crippen molar-refractivity contribution < 1.29 is 9.59 Å². The van der Waals surface area contributed by atoms with Crippen LogP contribution in [0.5, 0.6) is 0 Å². The highest BCUT2D eigenvalue weighted by atomic mass is 16.2. The fourth-order valence-corrected chi connectivity index (χ4v) is 3.50. The van der Waals surface area contributed by atoms with Gasteiger partial charge in [-0.1, -0.05) is 6.08 Å². The van der Waals surface area contributed by atoms with Crippen molar-refractivity contribution in [2.45, 2.75) is 20.3 Å². The zero-order valence-corrected chi connectivity index (χ0v) is 14.9. The maximum atomic E-state index is 12.7. The molecule has 7 nitrogen and oxygen atoms in total. The summed E-state index contributed by atoms with van der Waals surface area (Å²) in [6.45, 7) is 11.3. The average Bonchev–Trinajstić information content (AvgIpc) is 2.95. The van der Waals surface area contributed by atoms with Gasteiger partial charge in [0.2, 0.25) is 17.8 Å². The van der Waals surface area contributed by atoms with E-state index in [4.69, 9.17) is 0 Å². The molecule has 0 aliphatic carbocycles. The first-order chi connectivity index (χ1) is 12.0. The van der Waals surface area contributed by atoms with E-state index < -0.39 is 0 Å². The van der Waals surface area contributed by atoms with Crippen LogP contribution in [0.15, 0.2) is 18.7 Å². The number of piperazine rings is 1. The largest absolute Gasteiger partial charge is 0.339 e. The van der Waals surface area contributed by atoms with Crippen molar-refractivity contribution in [2.24, 2.45) is 5.92 Å². The van der Waals surface area contributed by atoms with Crippen LogP contribution in [0.4, 0.5) is 5.95 Å². The molecule has 134 valence electrons. The molecule has 7 heteroatoms. The first-order valence-electron chi connectivity index (χ1n) is 8.72. The molecule has 1 atom stereocenters. The van der Waals surface area contributed by atoms with Crippen molar-refractivity contribution in [3.8, 4) is 0 Å². The van der Waals surface area contributed by atoms with Crippen LogP contribution in [-0.2, 0) is 9.59 Å². The summed E-state index contributed by atoms with van der Waals surface area (Å²) in [7, 11) is 0. The van der Waals surface area contributed by atoms with Crippen molar-refractivity contribution in [3.05, 3.63) is 30.1 Å². The Morgan fingerprint density at radius 3 is 2.48 bits per heavy atom. The number of nitrogens with zero attached hydrogens (tertiary/aromatic N) is 5. The summed E-state index contributed by atoms with van der Waals surface area (Å²) < 4.78 is 0. The van der Waals surface area contributed by atoms with Gasteiger partial charge >= 0.3 is 0 Å². The monoisotopic (exact) mass is 343 g/mol. The van der Waals surface area contributed by atoms with E-state index in [1.807, 2.05) is 24.8 Å². The van der Waals surface area contributed by atoms with Gasteiger partial charge in [-0.25, -0.2) is 9.97 Å². The van der Waals surface area contributed by atoms with Gasteiger partial charge in [0.05, 0.1) is 5.92 Å². The van der Waals surface area contributed by atoms with Crippen LogP contribution in [0.3, 0.4) is 0 Å². The van der Waals surface area contributed by atoms with Gasteiger partial charge in [-0.3, -0.25) is 9.59 Å². The lowest BCUT2D eigenvalue weighted by atomic mass is 10.1. The summed E-state index contributed by atoms with van der Waals surface area (Å²) in [6, 6.07) is 1.95. The first-order valence-corrected chi connectivity index (χ1v) is 8.72. The number of carbonyl (C=O) groups excluding carboxylic acids is 2. The fourth-order valence-electron chi connectivity index (χ4n) is 3.50. The minimum absolute atomic E-state index is 0.0421. The van der Waals surface area contributed by atoms with Crippen LogP contribution >= 0.6 is 0 Å². The number of anilines is 1. The Morgan fingerprint density at radius 1 is 1.24 bits per heavy atom. The molecule has 0 bridgehead atoms. The lowest BCUT2D eigenvalue weighted by Gasteiger charge is -2.36. The van der Waals surface area contributed by atoms with E-state index in [1.54, 1.807) is 11.0 Å². The third-order valence-electron chi connectivity index (χ3n) is 4.76. The van der Waals surface area contributed by atoms with E-state index in [2.05, 4.69) is 21.4 Å². The summed E-state index contributed by atoms with van der Waals surface area (Å²) in [5.41, 5.74) is 1.90. The molecule has 1 aromatic rings. The lowest BCUT2D eigenvalue weighted by molar-refractivity contribution is -0.136. The second-order valence-electron chi connectivity index (χ2n) is 6.75. The molecule has 0 saturated carbocycles. The van der Waals surface area contributed by atoms with Crippen LogP contribution < -0.4 is 4.90 Å².